The largest absolute Gasteiger partial charge is 0.365 e. The SMILES string of the molecule is CCC[C]1OCCc2c1[nH]c1ccccc21. The second-order valence-corrected chi connectivity index (χ2v) is 4.30. The van der Waals surface area contributed by atoms with E-state index in [4.69, 9.17) is 4.74 Å². The molecule has 16 heavy (non-hydrogen) atoms. The molecule has 1 aliphatic heterocycles. The number of aromatic nitrogens is 1. The molecule has 0 saturated carbocycles. The standard InChI is InChI=1S/C14H16NO/c1-2-5-13-14-11(8-9-16-13)10-6-3-4-7-12(10)15-14/h3-4,6-7,15H,2,5,8-9H2,1H3. The first-order valence-electron chi connectivity index (χ1n) is 5.98. The quantitative estimate of drug-likeness (QED) is 0.814. The maximum absolute atomic E-state index is 5.76. The van der Waals surface area contributed by atoms with Crippen molar-refractivity contribution in [3.8, 4) is 0 Å². The van der Waals surface area contributed by atoms with Crippen LogP contribution in [0.3, 0.4) is 0 Å². The van der Waals surface area contributed by atoms with Gasteiger partial charge in [-0.1, -0.05) is 31.5 Å². The smallest absolute Gasteiger partial charge is 0.142 e. The van der Waals surface area contributed by atoms with E-state index in [2.05, 4.69) is 36.2 Å². The Morgan fingerprint density at radius 2 is 2.19 bits per heavy atom. The van der Waals surface area contributed by atoms with Crippen LogP contribution in [0.4, 0.5) is 0 Å². The van der Waals surface area contributed by atoms with Crippen molar-refractivity contribution in [2.75, 3.05) is 6.61 Å². The summed E-state index contributed by atoms with van der Waals surface area (Å²) < 4.78 is 5.76. The molecule has 0 aliphatic carbocycles. The van der Waals surface area contributed by atoms with Gasteiger partial charge in [0.15, 0.2) is 0 Å². The fraction of sp³-hybridized carbons (Fsp3) is 0.357. The van der Waals surface area contributed by atoms with Gasteiger partial charge < -0.3 is 9.72 Å². The minimum Gasteiger partial charge on any atom is -0.365 e. The van der Waals surface area contributed by atoms with Crippen LogP contribution < -0.4 is 0 Å². The number of hydrogen-bond donors (Lipinski definition) is 1. The minimum absolute atomic E-state index is 0.824. The second kappa shape index (κ2) is 3.95. The summed E-state index contributed by atoms with van der Waals surface area (Å²) in [5.41, 5.74) is 3.89. The van der Waals surface area contributed by atoms with Gasteiger partial charge in [0.2, 0.25) is 0 Å². The van der Waals surface area contributed by atoms with Crippen LogP contribution in [0.5, 0.6) is 0 Å². The Bertz CT molecular complexity index is 500. The third-order valence-electron chi connectivity index (χ3n) is 3.20. The zero-order valence-electron chi connectivity index (χ0n) is 9.55. The molecule has 1 aromatic heterocycles. The molecule has 2 heteroatoms. The number of para-hydroxylation sites is 1. The lowest BCUT2D eigenvalue weighted by molar-refractivity contribution is 0.140. The summed E-state index contributed by atoms with van der Waals surface area (Å²) in [6.07, 6.45) is 4.32. The lowest BCUT2D eigenvalue weighted by Gasteiger charge is -2.21. The molecule has 3 rings (SSSR count). The van der Waals surface area contributed by atoms with Crippen molar-refractivity contribution in [2.45, 2.75) is 26.2 Å². The van der Waals surface area contributed by atoms with Crippen LogP contribution >= 0.6 is 0 Å². The van der Waals surface area contributed by atoms with E-state index in [-0.39, 0.29) is 0 Å². The van der Waals surface area contributed by atoms with Crippen LogP contribution in [0.15, 0.2) is 24.3 Å². The molecule has 0 saturated heterocycles. The number of fused-ring (bicyclic) bond motifs is 3. The molecule has 0 unspecified atom stereocenters. The van der Waals surface area contributed by atoms with Crippen molar-refractivity contribution in [3.05, 3.63) is 41.6 Å². The fourth-order valence-corrected chi connectivity index (χ4v) is 2.47. The summed E-state index contributed by atoms with van der Waals surface area (Å²) in [5.74, 6) is 0. The van der Waals surface area contributed by atoms with Gasteiger partial charge in [0.05, 0.1) is 12.3 Å². The van der Waals surface area contributed by atoms with Crippen LogP contribution in [0.25, 0.3) is 10.9 Å². The number of rotatable bonds is 2. The van der Waals surface area contributed by atoms with E-state index in [1.807, 2.05) is 0 Å². The van der Waals surface area contributed by atoms with Crippen LogP contribution in [-0.4, -0.2) is 11.6 Å². The normalized spacial score (nSPS) is 16.6. The van der Waals surface area contributed by atoms with Gasteiger partial charge in [-0.2, -0.15) is 0 Å². The second-order valence-electron chi connectivity index (χ2n) is 4.30. The molecule has 1 N–H and O–H groups in total. The molecule has 2 aromatic rings. The van der Waals surface area contributed by atoms with Crippen molar-refractivity contribution >= 4 is 10.9 Å². The average Bonchev–Trinajstić information content (AvgIpc) is 2.69. The predicted molar refractivity (Wildman–Crippen MR) is 65.2 cm³/mol. The third-order valence-corrected chi connectivity index (χ3v) is 3.20. The first-order valence-corrected chi connectivity index (χ1v) is 5.98. The zero-order chi connectivity index (χ0) is 11.0. The highest BCUT2D eigenvalue weighted by Gasteiger charge is 2.24. The summed E-state index contributed by atoms with van der Waals surface area (Å²) in [6, 6.07) is 8.51. The van der Waals surface area contributed by atoms with E-state index in [1.54, 1.807) is 0 Å². The lowest BCUT2D eigenvalue weighted by atomic mass is 10.0. The van der Waals surface area contributed by atoms with Gasteiger partial charge in [0.25, 0.3) is 0 Å². The molecular formula is C14H16NO. The highest BCUT2D eigenvalue weighted by atomic mass is 16.5. The highest BCUT2D eigenvalue weighted by molar-refractivity contribution is 5.85. The van der Waals surface area contributed by atoms with Gasteiger partial charge >= 0.3 is 0 Å². The van der Waals surface area contributed by atoms with E-state index in [0.29, 0.717) is 0 Å². The fourth-order valence-electron chi connectivity index (χ4n) is 2.47. The minimum atomic E-state index is 0.824. The molecule has 1 radical (unpaired) electrons. The average molecular weight is 214 g/mol. The van der Waals surface area contributed by atoms with E-state index in [0.717, 1.165) is 32.0 Å². The molecule has 1 aromatic carbocycles. The Labute approximate surface area is 95.6 Å². The van der Waals surface area contributed by atoms with E-state index < -0.39 is 0 Å². The number of ether oxygens (including phenoxy) is 1. The van der Waals surface area contributed by atoms with E-state index >= 15 is 0 Å². The predicted octanol–water partition coefficient (Wildman–Crippen LogP) is 3.42. The monoisotopic (exact) mass is 214 g/mol. The Hall–Kier alpha value is -1.28. The van der Waals surface area contributed by atoms with Crippen molar-refractivity contribution in [1.82, 2.24) is 4.98 Å². The molecule has 0 amide bonds. The first-order chi connectivity index (χ1) is 7.90. The first kappa shape index (κ1) is 9.91. The Morgan fingerprint density at radius 1 is 1.31 bits per heavy atom. The van der Waals surface area contributed by atoms with Gasteiger partial charge in [-0.25, -0.2) is 0 Å². The van der Waals surface area contributed by atoms with Crippen molar-refractivity contribution in [2.24, 2.45) is 0 Å². The highest BCUT2D eigenvalue weighted by Crippen LogP contribution is 2.34. The third kappa shape index (κ3) is 1.45. The van der Waals surface area contributed by atoms with Crippen LogP contribution in [-0.2, 0) is 11.2 Å². The summed E-state index contributed by atoms with van der Waals surface area (Å²) in [4.78, 5) is 3.49. The summed E-state index contributed by atoms with van der Waals surface area (Å²) >= 11 is 0. The van der Waals surface area contributed by atoms with Gasteiger partial charge in [-0.05, 0) is 24.5 Å². The van der Waals surface area contributed by atoms with Crippen LogP contribution in [0, 0.1) is 6.10 Å². The number of hydrogen-bond acceptors (Lipinski definition) is 1. The number of nitrogens with one attached hydrogen (secondary N) is 1. The van der Waals surface area contributed by atoms with E-state index in [9.17, 15) is 0 Å². The molecule has 1 aliphatic rings. The van der Waals surface area contributed by atoms with Gasteiger partial charge in [-0.15, -0.1) is 0 Å². The molecule has 0 spiro atoms. The molecule has 2 heterocycles. The van der Waals surface area contributed by atoms with Crippen molar-refractivity contribution in [3.63, 3.8) is 0 Å². The van der Waals surface area contributed by atoms with Crippen LogP contribution in [0.2, 0.25) is 0 Å². The van der Waals surface area contributed by atoms with Gasteiger partial charge in [0, 0.05) is 10.9 Å². The number of H-pyrrole nitrogens is 1. The number of benzene rings is 1. The van der Waals surface area contributed by atoms with Crippen molar-refractivity contribution in [1.29, 1.82) is 0 Å². The van der Waals surface area contributed by atoms with Crippen LogP contribution in [0.1, 0.15) is 31.0 Å². The Balaban J connectivity index is 2.13. The maximum Gasteiger partial charge on any atom is 0.142 e. The van der Waals surface area contributed by atoms with Gasteiger partial charge in [0.1, 0.15) is 6.10 Å². The molecule has 0 fully saturated rings. The molecule has 83 valence electrons. The summed E-state index contributed by atoms with van der Waals surface area (Å²) in [7, 11) is 0. The number of aromatic amines is 1. The summed E-state index contributed by atoms with van der Waals surface area (Å²) in [5, 5.41) is 1.36. The molecule has 0 atom stereocenters. The molecule has 2 nitrogen and oxygen atoms in total. The zero-order valence-corrected chi connectivity index (χ0v) is 9.55. The summed E-state index contributed by atoms with van der Waals surface area (Å²) in [6.45, 7) is 3.01. The Morgan fingerprint density at radius 3 is 3.06 bits per heavy atom. The topological polar surface area (TPSA) is 25.0 Å². The van der Waals surface area contributed by atoms with E-state index in [1.165, 1.54) is 22.2 Å². The Kier molecular flexibility index (Phi) is 2.44. The van der Waals surface area contributed by atoms with Crippen molar-refractivity contribution < 1.29 is 4.74 Å². The molecule has 0 bridgehead atoms. The maximum atomic E-state index is 5.76. The lowest BCUT2D eigenvalue weighted by Crippen LogP contribution is -2.16. The van der Waals surface area contributed by atoms with Gasteiger partial charge in [-0.3, -0.25) is 0 Å². The molecular weight excluding hydrogens is 198 g/mol.